The number of hydrogen-bond donors (Lipinski definition) is 1. The van der Waals surface area contributed by atoms with Crippen LogP contribution in [0.4, 0.5) is 11.4 Å². The van der Waals surface area contributed by atoms with E-state index in [1.54, 1.807) is 18.2 Å². The molecule has 0 saturated heterocycles. The van der Waals surface area contributed by atoms with Crippen molar-refractivity contribution in [2.75, 3.05) is 5.73 Å². The predicted octanol–water partition coefficient (Wildman–Crippen LogP) is 1.98. The van der Waals surface area contributed by atoms with Crippen molar-refractivity contribution in [3.63, 3.8) is 0 Å². The molecule has 1 rings (SSSR count). The Labute approximate surface area is 58.8 Å². The molecular weight excluding hydrogens is 128 g/mol. The van der Waals surface area contributed by atoms with E-state index in [4.69, 9.17) is 5.73 Å². The quantitative estimate of drug-likeness (QED) is 0.474. The highest BCUT2D eigenvalue weighted by molar-refractivity contribution is 5.53. The molecule has 0 aliphatic heterocycles. The second-order valence-corrected chi connectivity index (χ2v) is 2.19. The van der Waals surface area contributed by atoms with E-state index in [9.17, 15) is 4.91 Å². The van der Waals surface area contributed by atoms with Crippen molar-refractivity contribution in [2.24, 2.45) is 5.18 Å². The fourth-order valence-electron chi connectivity index (χ4n) is 0.845. The van der Waals surface area contributed by atoms with Gasteiger partial charge in [0.15, 0.2) is 0 Å². The van der Waals surface area contributed by atoms with Crippen LogP contribution in [-0.4, -0.2) is 0 Å². The first kappa shape index (κ1) is 6.74. The zero-order valence-corrected chi connectivity index (χ0v) is 5.66. The van der Waals surface area contributed by atoms with Crippen molar-refractivity contribution in [1.29, 1.82) is 0 Å². The van der Waals surface area contributed by atoms with Gasteiger partial charge in [0.25, 0.3) is 0 Å². The van der Waals surface area contributed by atoms with Crippen molar-refractivity contribution in [3.05, 3.63) is 28.7 Å². The topological polar surface area (TPSA) is 55.4 Å². The lowest BCUT2D eigenvalue weighted by molar-refractivity contribution is 1.42. The Morgan fingerprint density at radius 3 is 2.60 bits per heavy atom. The average Bonchev–Trinajstić information content (AvgIpc) is 1.85. The van der Waals surface area contributed by atoms with E-state index in [0.717, 1.165) is 5.56 Å². The molecule has 0 bridgehead atoms. The lowest BCUT2D eigenvalue weighted by Gasteiger charge is -1.95. The summed E-state index contributed by atoms with van der Waals surface area (Å²) in [5.41, 5.74) is 7.35. The molecule has 0 fully saturated rings. The minimum Gasteiger partial charge on any atom is -0.399 e. The number of nitroso groups, excluding NO2 is 1. The minimum atomic E-state index is 0.387. The third-order valence-corrected chi connectivity index (χ3v) is 1.19. The molecule has 3 heteroatoms. The fraction of sp³-hybridized carbons (Fsp3) is 0.143. The Hall–Kier alpha value is -1.38. The molecule has 0 aliphatic rings. The Bertz CT molecular complexity index is 238. The highest BCUT2D eigenvalue weighted by Crippen LogP contribution is 2.17. The van der Waals surface area contributed by atoms with Crippen LogP contribution in [-0.2, 0) is 0 Å². The second kappa shape index (κ2) is 2.47. The lowest BCUT2D eigenvalue weighted by atomic mass is 10.2. The van der Waals surface area contributed by atoms with Gasteiger partial charge in [0.1, 0.15) is 5.69 Å². The molecule has 1 aromatic rings. The molecule has 0 heterocycles. The molecule has 0 radical (unpaired) electrons. The summed E-state index contributed by atoms with van der Waals surface area (Å²) in [5.74, 6) is 0. The monoisotopic (exact) mass is 136 g/mol. The summed E-state index contributed by atoms with van der Waals surface area (Å²) in [6.45, 7) is 1.87. The number of hydrogen-bond acceptors (Lipinski definition) is 3. The zero-order valence-electron chi connectivity index (χ0n) is 5.66. The Morgan fingerprint density at radius 2 is 2.10 bits per heavy atom. The first-order valence-corrected chi connectivity index (χ1v) is 2.93. The first-order valence-electron chi connectivity index (χ1n) is 2.93. The van der Waals surface area contributed by atoms with Gasteiger partial charge in [-0.25, -0.2) is 0 Å². The van der Waals surface area contributed by atoms with Gasteiger partial charge < -0.3 is 5.73 Å². The maximum atomic E-state index is 10.0. The number of nitrogens with zero attached hydrogens (tertiary/aromatic N) is 1. The normalized spacial score (nSPS) is 9.30. The summed E-state index contributed by atoms with van der Waals surface area (Å²) < 4.78 is 0. The van der Waals surface area contributed by atoms with Crippen molar-refractivity contribution in [3.8, 4) is 0 Å². The largest absolute Gasteiger partial charge is 0.399 e. The van der Waals surface area contributed by atoms with E-state index in [2.05, 4.69) is 5.18 Å². The number of nitrogens with two attached hydrogens (primary N) is 1. The first-order chi connectivity index (χ1) is 4.72. The molecule has 0 atom stereocenters. The van der Waals surface area contributed by atoms with E-state index in [0.29, 0.717) is 11.4 Å². The van der Waals surface area contributed by atoms with Gasteiger partial charge in [-0.05, 0) is 35.9 Å². The molecule has 1 aromatic carbocycles. The highest BCUT2D eigenvalue weighted by atomic mass is 16.3. The summed E-state index contributed by atoms with van der Waals surface area (Å²) >= 11 is 0. The van der Waals surface area contributed by atoms with Crippen LogP contribution < -0.4 is 5.73 Å². The van der Waals surface area contributed by atoms with Crippen LogP contribution in [0, 0.1) is 11.8 Å². The summed E-state index contributed by atoms with van der Waals surface area (Å²) in [7, 11) is 0. The van der Waals surface area contributed by atoms with Crippen LogP contribution in [0.25, 0.3) is 0 Å². The molecule has 0 amide bonds. The van der Waals surface area contributed by atoms with E-state index >= 15 is 0 Å². The zero-order chi connectivity index (χ0) is 7.56. The molecule has 0 saturated carbocycles. The number of nitrogen functional groups attached to an aromatic ring is 1. The SMILES string of the molecule is Cc1cc(N)cc(N=O)c1. The van der Waals surface area contributed by atoms with Gasteiger partial charge in [-0.1, -0.05) is 0 Å². The van der Waals surface area contributed by atoms with E-state index < -0.39 is 0 Å². The van der Waals surface area contributed by atoms with Crippen LogP contribution in [0.5, 0.6) is 0 Å². The molecule has 3 nitrogen and oxygen atoms in total. The van der Waals surface area contributed by atoms with Gasteiger partial charge in [0.2, 0.25) is 0 Å². The van der Waals surface area contributed by atoms with Crippen LogP contribution in [0.15, 0.2) is 23.4 Å². The van der Waals surface area contributed by atoms with E-state index in [1.165, 1.54) is 0 Å². The number of rotatable bonds is 1. The second-order valence-electron chi connectivity index (χ2n) is 2.19. The van der Waals surface area contributed by atoms with Gasteiger partial charge in [-0.2, -0.15) is 0 Å². The van der Waals surface area contributed by atoms with E-state index in [-0.39, 0.29) is 0 Å². The molecule has 0 aliphatic carbocycles. The number of aryl methyl sites for hydroxylation is 1. The third kappa shape index (κ3) is 1.31. The Kier molecular flexibility index (Phi) is 1.67. The van der Waals surface area contributed by atoms with Crippen molar-refractivity contribution in [1.82, 2.24) is 0 Å². The summed E-state index contributed by atoms with van der Waals surface area (Å²) in [4.78, 5) is 10.0. The van der Waals surface area contributed by atoms with Crippen LogP contribution in [0.1, 0.15) is 5.56 Å². The predicted molar refractivity (Wildman–Crippen MR) is 41.0 cm³/mol. The minimum absolute atomic E-state index is 0.387. The van der Waals surface area contributed by atoms with Crippen LogP contribution in [0.2, 0.25) is 0 Å². The summed E-state index contributed by atoms with van der Waals surface area (Å²) in [6, 6.07) is 5.01. The summed E-state index contributed by atoms with van der Waals surface area (Å²) in [6.07, 6.45) is 0. The summed E-state index contributed by atoms with van der Waals surface area (Å²) in [5, 5.41) is 2.76. The van der Waals surface area contributed by atoms with Crippen molar-refractivity contribution in [2.45, 2.75) is 6.92 Å². The third-order valence-electron chi connectivity index (χ3n) is 1.19. The molecule has 2 N–H and O–H groups in total. The molecule has 10 heavy (non-hydrogen) atoms. The number of benzene rings is 1. The molecule has 0 unspecified atom stereocenters. The lowest BCUT2D eigenvalue weighted by Crippen LogP contribution is -1.83. The highest BCUT2D eigenvalue weighted by Gasteiger charge is 1.93. The molecule has 0 spiro atoms. The molecule has 52 valence electrons. The van der Waals surface area contributed by atoms with Gasteiger partial charge in [-0.15, -0.1) is 4.91 Å². The Balaban J connectivity index is 3.18. The molecular formula is C7H8N2O. The van der Waals surface area contributed by atoms with Crippen LogP contribution >= 0.6 is 0 Å². The average molecular weight is 136 g/mol. The number of anilines is 1. The van der Waals surface area contributed by atoms with Crippen molar-refractivity contribution < 1.29 is 0 Å². The smallest absolute Gasteiger partial charge is 0.110 e. The maximum Gasteiger partial charge on any atom is 0.110 e. The fourth-order valence-corrected chi connectivity index (χ4v) is 0.845. The van der Waals surface area contributed by atoms with Gasteiger partial charge in [0, 0.05) is 5.69 Å². The van der Waals surface area contributed by atoms with Crippen LogP contribution in [0.3, 0.4) is 0 Å². The van der Waals surface area contributed by atoms with Gasteiger partial charge >= 0.3 is 0 Å². The Morgan fingerprint density at radius 1 is 1.40 bits per heavy atom. The standard InChI is InChI=1S/C7H8N2O/c1-5-2-6(8)4-7(3-5)9-10/h2-4H,8H2,1H3. The maximum absolute atomic E-state index is 10.0. The van der Waals surface area contributed by atoms with Gasteiger partial charge in [-0.3, -0.25) is 0 Å². The molecule has 0 aromatic heterocycles. The van der Waals surface area contributed by atoms with Crippen molar-refractivity contribution >= 4 is 11.4 Å². The van der Waals surface area contributed by atoms with E-state index in [1.807, 2.05) is 6.92 Å². The van der Waals surface area contributed by atoms with Gasteiger partial charge in [0.05, 0.1) is 0 Å².